The van der Waals surface area contributed by atoms with Gasteiger partial charge in [-0.2, -0.15) is 0 Å². The van der Waals surface area contributed by atoms with E-state index in [2.05, 4.69) is 10.6 Å². The Morgan fingerprint density at radius 3 is 2.40 bits per heavy atom. The van der Waals surface area contributed by atoms with Crippen molar-refractivity contribution < 1.29 is 19.1 Å². The van der Waals surface area contributed by atoms with Crippen molar-refractivity contribution in [1.29, 1.82) is 0 Å². The van der Waals surface area contributed by atoms with Crippen LogP contribution in [0.3, 0.4) is 0 Å². The number of nitrogens with zero attached hydrogens (tertiary/aromatic N) is 1. The number of benzene rings is 1. The van der Waals surface area contributed by atoms with E-state index in [0.29, 0.717) is 30.3 Å². The molecule has 0 unspecified atom stereocenters. The van der Waals surface area contributed by atoms with Crippen molar-refractivity contribution >= 4 is 23.4 Å². The minimum atomic E-state index is -0.327. The van der Waals surface area contributed by atoms with Crippen LogP contribution in [0.5, 0.6) is 5.75 Å². The van der Waals surface area contributed by atoms with E-state index in [9.17, 15) is 14.4 Å². The predicted octanol–water partition coefficient (Wildman–Crippen LogP) is 1.40. The summed E-state index contributed by atoms with van der Waals surface area (Å²) in [4.78, 5) is 37.4. The summed E-state index contributed by atoms with van der Waals surface area (Å²) >= 11 is 0. The van der Waals surface area contributed by atoms with Gasteiger partial charge in [-0.15, -0.1) is 0 Å². The minimum absolute atomic E-state index is 0.00100. The van der Waals surface area contributed by atoms with Gasteiger partial charge in [0.15, 0.2) is 0 Å². The van der Waals surface area contributed by atoms with Gasteiger partial charge in [0.05, 0.1) is 20.2 Å². The highest BCUT2D eigenvalue weighted by Crippen LogP contribution is 2.29. The molecule has 25 heavy (non-hydrogen) atoms. The number of carbonyl (C=O) groups excluding carboxylic acids is 3. The van der Waals surface area contributed by atoms with Gasteiger partial charge in [-0.3, -0.25) is 14.4 Å². The lowest BCUT2D eigenvalue weighted by molar-refractivity contribution is -0.136. The lowest BCUT2D eigenvalue weighted by atomic mass is 10.3. The Morgan fingerprint density at radius 1 is 1.16 bits per heavy atom. The lowest BCUT2D eigenvalue weighted by Gasteiger charge is -2.21. The Bertz CT molecular complexity index is 611. The first-order valence-corrected chi connectivity index (χ1v) is 8.50. The topological polar surface area (TPSA) is 87.7 Å². The molecule has 136 valence electrons. The smallest absolute Gasteiger partial charge is 0.243 e. The summed E-state index contributed by atoms with van der Waals surface area (Å²) in [6.07, 6.45) is 2.59. The Hall–Kier alpha value is -2.57. The van der Waals surface area contributed by atoms with Crippen molar-refractivity contribution in [3.63, 3.8) is 0 Å². The van der Waals surface area contributed by atoms with E-state index < -0.39 is 0 Å². The quantitative estimate of drug-likeness (QED) is 0.707. The van der Waals surface area contributed by atoms with Crippen LogP contribution in [0, 0.1) is 5.92 Å². The molecule has 2 N–H and O–H groups in total. The maximum atomic E-state index is 12.0. The van der Waals surface area contributed by atoms with Gasteiger partial charge in [-0.1, -0.05) is 6.92 Å². The van der Waals surface area contributed by atoms with Gasteiger partial charge in [0.1, 0.15) is 5.75 Å². The molecule has 0 bridgehead atoms. The summed E-state index contributed by atoms with van der Waals surface area (Å²) in [6.45, 7) is 2.27. The van der Waals surface area contributed by atoms with Crippen molar-refractivity contribution in [1.82, 2.24) is 10.2 Å². The molecule has 1 fully saturated rings. The van der Waals surface area contributed by atoms with E-state index in [1.807, 2.05) is 0 Å². The number of hydrogen-bond donors (Lipinski definition) is 2. The maximum Gasteiger partial charge on any atom is 0.243 e. The summed E-state index contributed by atoms with van der Waals surface area (Å²) in [5, 5.41) is 5.25. The molecular weight excluding hydrogens is 322 g/mol. The molecule has 1 aromatic carbocycles. The number of carbonyl (C=O) groups is 3. The maximum absolute atomic E-state index is 12.0. The average molecular weight is 347 g/mol. The van der Waals surface area contributed by atoms with Crippen LogP contribution < -0.4 is 15.4 Å². The molecule has 0 saturated heterocycles. The van der Waals surface area contributed by atoms with Crippen molar-refractivity contribution in [2.24, 2.45) is 5.92 Å². The molecule has 0 radical (unpaired) electrons. The van der Waals surface area contributed by atoms with Crippen LogP contribution in [-0.2, 0) is 14.4 Å². The normalized spacial score (nSPS) is 13.0. The number of ether oxygens (including phenoxy) is 1. The Balaban J connectivity index is 1.75. The van der Waals surface area contributed by atoms with Crippen molar-refractivity contribution in [3.8, 4) is 5.75 Å². The van der Waals surface area contributed by atoms with E-state index in [4.69, 9.17) is 4.74 Å². The standard InChI is InChI=1S/C18H25N3O4/c1-3-18(24)21(11-13-4-5-13)12-17(23)19-10-16(22)20-14-6-8-15(25-2)9-7-14/h6-9,13H,3-5,10-12H2,1-2H3,(H,19,23)(H,20,22). The largest absolute Gasteiger partial charge is 0.497 e. The first kappa shape index (κ1) is 18.8. The molecule has 3 amide bonds. The lowest BCUT2D eigenvalue weighted by Crippen LogP contribution is -2.43. The summed E-state index contributed by atoms with van der Waals surface area (Å²) in [5.74, 6) is 0.524. The fraction of sp³-hybridized carbons (Fsp3) is 0.500. The molecule has 0 atom stereocenters. The summed E-state index contributed by atoms with van der Waals surface area (Å²) in [7, 11) is 1.57. The first-order valence-electron chi connectivity index (χ1n) is 8.50. The molecule has 7 heteroatoms. The highest BCUT2D eigenvalue weighted by atomic mass is 16.5. The van der Waals surface area contributed by atoms with E-state index in [0.717, 1.165) is 12.8 Å². The molecule has 1 aliphatic carbocycles. The van der Waals surface area contributed by atoms with Gasteiger partial charge < -0.3 is 20.3 Å². The van der Waals surface area contributed by atoms with Gasteiger partial charge >= 0.3 is 0 Å². The Kier molecular flexibility index (Phi) is 6.80. The van der Waals surface area contributed by atoms with Gasteiger partial charge in [0, 0.05) is 18.7 Å². The number of nitrogens with one attached hydrogen (secondary N) is 2. The van der Waals surface area contributed by atoms with Gasteiger partial charge in [-0.25, -0.2) is 0 Å². The third-order valence-electron chi connectivity index (χ3n) is 3.99. The summed E-state index contributed by atoms with van der Waals surface area (Å²) in [6, 6.07) is 6.91. The fourth-order valence-electron chi connectivity index (χ4n) is 2.38. The Morgan fingerprint density at radius 2 is 1.84 bits per heavy atom. The second-order valence-electron chi connectivity index (χ2n) is 6.12. The monoisotopic (exact) mass is 347 g/mol. The van der Waals surface area contributed by atoms with Crippen molar-refractivity contribution in [2.75, 3.05) is 32.1 Å². The van der Waals surface area contributed by atoms with E-state index in [1.54, 1.807) is 43.2 Å². The molecule has 1 aromatic rings. The zero-order valence-corrected chi connectivity index (χ0v) is 14.7. The molecule has 0 heterocycles. The number of hydrogen-bond acceptors (Lipinski definition) is 4. The number of anilines is 1. The van der Waals surface area contributed by atoms with Crippen molar-refractivity contribution in [2.45, 2.75) is 26.2 Å². The number of amides is 3. The third kappa shape index (κ3) is 6.45. The highest BCUT2D eigenvalue weighted by Gasteiger charge is 2.27. The van der Waals surface area contributed by atoms with Crippen LogP contribution in [0.1, 0.15) is 26.2 Å². The zero-order valence-electron chi connectivity index (χ0n) is 14.7. The summed E-state index contributed by atoms with van der Waals surface area (Å²) < 4.78 is 5.05. The van der Waals surface area contributed by atoms with Gasteiger partial charge in [0.2, 0.25) is 17.7 Å². The minimum Gasteiger partial charge on any atom is -0.497 e. The molecule has 0 spiro atoms. The van der Waals surface area contributed by atoms with Crippen LogP contribution >= 0.6 is 0 Å². The fourth-order valence-corrected chi connectivity index (χ4v) is 2.38. The second-order valence-corrected chi connectivity index (χ2v) is 6.12. The van der Waals surface area contributed by atoms with Crippen LogP contribution in [0.15, 0.2) is 24.3 Å². The highest BCUT2D eigenvalue weighted by molar-refractivity contribution is 5.95. The molecule has 0 aromatic heterocycles. The predicted molar refractivity (Wildman–Crippen MR) is 94.2 cm³/mol. The first-order chi connectivity index (χ1) is 12.0. The zero-order chi connectivity index (χ0) is 18.2. The number of rotatable bonds is 9. The molecule has 0 aliphatic heterocycles. The van der Waals surface area contributed by atoms with Gasteiger partial charge in [-0.05, 0) is 43.0 Å². The van der Waals surface area contributed by atoms with E-state index >= 15 is 0 Å². The molecule has 7 nitrogen and oxygen atoms in total. The second kappa shape index (κ2) is 9.05. The SMILES string of the molecule is CCC(=O)N(CC(=O)NCC(=O)Nc1ccc(OC)cc1)CC1CC1. The number of methoxy groups -OCH3 is 1. The Labute approximate surface area is 147 Å². The molecule has 1 saturated carbocycles. The average Bonchev–Trinajstić information content (AvgIpc) is 3.43. The molecular formula is C18H25N3O4. The van der Waals surface area contributed by atoms with Gasteiger partial charge in [0.25, 0.3) is 0 Å². The van der Waals surface area contributed by atoms with Crippen LogP contribution in [0.25, 0.3) is 0 Å². The van der Waals surface area contributed by atoms with E-state index in [1.165, 1.54) is 0 Å². The van der Waals surface area contributed by atoms with E-state index in [-0.39, 0.29) is 30.8 Å². The summed E-state index contributed by atoms with van der Waals surface area (Å²) in [5.41, 5.74) is 0.622. The van der Waals surface area contributed by atoms with Crippen LogP contribution in [-0.4, -0.2) is 49.4 Å². The van der Waals surface area contributed by atoms with Crippen LogP contribution in [0.2, 0.25) is 0 Å². The van der Waals surface area contributed by atoms with Crippen LogP contribution in [0.4, 0.5) is 5.69 Å². The van der Waals surface area contributed by atoms with Crippen molar-refractivity contribution in [3.05, 3.63) is 24.3 Å². The third-order valence-corrected chi connectivity index (χ3v) is 3.99. The molecule has 2 rings (SSSR count). The molecule has 1 aliphatic rings.